The maximum absolute atomic E-state index is 12.9. The minimum atomic E-state index is -0.530. The molecule has 2 fully saturated rings. The van der Waals surface area contributed by atoms with Gasteiger partial charge in [0.1, 0.15) is 5.69 Å². The van der Waals surface area contributed by atoms with E-state index in [1.807, 2.05) is 24.3 Å². The Morgan fingerprint density at radius 2 is 1.78 bits per heavy atom. The van der Waals surface area contributed by atoms with E-state index in [-0.39, 0.29) is 24.1 Å². The number of rotatable bonds is 6. The number of primary amides is 1. The van der Waals surface area contributed by atoms with Crippen LogP contribution < -0.4 is 20.9 Å². The summed E-state index contributed by atoms with van der Waals surface area (Å²) in [6, 6.07) is 7.41. The number of nitrogens with two attached hydrogens (primary N) is 1. The number of likely N-dealkylation sites (tertiary alicyclic amines) is 2. The Kier molecular flexibility index (Phi) is 6.48. The maximum atomic E-state index is 12.9. The van der Waals surface area contributed by atoms with Crippen molar-refractivity contribution in [1.29, 1.82) is 0 Å². The monoisotopic (exact) mass is 443 g/mol. The van der Waals surface area contributed by atoms with Gasteiger partial charge in [-0.25, -0.2) is 4.79 Å². The predicted molar refractivity (Wildman–Crippen MR) is 120 cm³/mol. The van der Waals surface area contributed by atoms with Gasteiger partial charge in [0, 0.05) is 10.9 Å². The molecule has 2 amide bonds. The van der Waals surface area contributed by atoms with Crippen LogP contribution in [-0.2, 0) is 14.3 Å². The van der Waals surface area contributed by atoms with E-state index in [0.29, 0.717) is 18.5 Å². The lowest BCUT2D eigenvalue weighted by atomic mass is 9.83. The lowest BCUT2D eigenvalue weighted by Crippen LogP contribution is -3.26. The van der Waals surface area contributed by atoms with Crippen LogP contribution in [0.4, 0.5) is 5.69 Å². The molecule has 32 heavy (non-hydrogen) atoms. The number of quaternary nitrogens is 2. The number of fused-ring (bicyclic) bond motifs is 1. The number of H-pyrrole nitrogens is 1. The van der Waals surface area contributed by atoms with Gasteiger partial charge in [-0.3, -0.25) is 9.59 Å². The largest absolute Gasteiger partial charge is 0.464 e. The molecule has 4 rings (SSSR count). The molecule has 1 aromatic heterocycles. The molecule has 0 bridgehead atoms. The van der Waals surface area contributed by atoms with Gasteiger partial charge >= 0.3 is 5.97 Å². The fourth-order valence-electron chi connectivity index (χ4n) is 5.38. The molecule has 0 aliphatic carbocycles. The number of amides is 2. The van der Waals surface area contributed by atoms with Gasteiger partial charge in [-0.2, -0.15) is 0 Å². The molecule has 2 saturated heterocycles. The van der Waals surface area contributed by atoms with E-state index in [4.69, 9.17) is 10.5 Å². The highest BCUT2D eigenvalue weighted by Crippen LogP contribution is 2.28. The van der Waals surface area contributed by atoms with Crippen molar-refractivity contribution in [2.45, 2.75) is 37.6 Å². The number of esters is 1. The Morgan fingerprint density at radius 3 is 2.44 bits per heavy atom. The molecular formula is C23H33N5O4+2. The maximum Gasteiger partial charge on any atom is 0.356 e. The van der Waals surface area contributed by atoms with Crippen LogP contribution in [0.3, 0.4) is 0 Å². The van der Waals surface area contributed by atoms with E-state index < -0.39 is 11.5 Å². The number of piperidine rings is 2. The normalized spacial score (nSPS) is 24.2. The highest BCUT2D eigenvalue weighted by Gasteiger charge is 2.50. The molecule has 0 saturated carbocycles. The lowest BCUT2D eigenvalue weighted by Gasteiger charge is -2.43. The van der Waals surface area contributed by atoms with Gasteiger partial charge in [0.15, 0.2) is 12.1 Å². The summed E-state index contributed by atoms with van der Waals surface area (Å²) in [6.45, 7) is 3.70. The number of benzene rings is 1. The molecule has 9 heteroatoms. The van der Waals surface area contributed by atoms with E-state index in [9.17, 15) is 14.4 Å². The zero-order valence-electron chi connectivity index (χ0n) is 18.6. The summed E-state index contributed by atoms with van der Waals surface area (Å²) >= 11 is 0. The zero-order valence-corrected chi connectivity index (χ0v) is 18.6. The van der Waals surface area contributed by atoms with Crippen LogP contribution in [0.1, 0.15) is 42.6 Å². The number of methoxy groups -OCH3 is 1. The Bertz CT molecular complexity index is 1000. The number of aromatic amines is 1. The summed E-state index contributed by atoms with van der Waals surface area (Å²) in [4.78, 5) is 43.0. The second-order valence-corrected chi connectivity index (χ2v) is 9.00. The summed E-state index contributed by atoms with van der Waals surface area (Å²) < 4.78 is 4.87. The summed E-state index contributed by atoms with van der Waals surface area (Å²) in [7, 11) is 1.31. The van der Waals surface area contributed by atoms with Gasteiger partial charge in [-0.1, -0.05) is 18.2 Å². The smallest absolute Gasteiger partial charge is 0.356 e. The van der Waals surface area contributed by atoms with Crippen molar-refractivity contribution in [1.82, 2.24) is 4.98 Å². The van der Waals surface area contributed by atoms with Crippen molar-refractivity contribution in [3.63, 3.8) is 0 Å². The zero-order chi connectivity index (χ0) is 22.7. The molecule has 0 radical (unpaired) electrons. The fraction of sp³-hybridized carbons (Fsp3) is 0.522. The van der Waals surface area contributed by atoms with Crippen molar-refractivity contribution in [2.75, 3.05) is 45.2 Å². The second-order valence-electron chi connectivity index (χ2n) is 9.00. The van der Waals surface area contributed by atoms with E-state index in [2.05, 4.69) is 10.3 Å². The average molecular weight is 444 g/mol. The van der Waals surface area contributed by atoms with Crippen LogP contribution in [0, 0.1) is 0 Å². The first-order valence-electron chi connectivity index (χ1n) is 11.4. The summed E-state index contributed by atoms with van der Waals surface area (Å²) in [5.74, 6) is -0.913. The van der Waals surface area contributed by atoms with E-state index in [1.165, 1.54) is 18.4 Å². The second kappa shape index (κ2) is 9.30. The van der Waals surface area contributed by atoms with Crippen molar-refractivity contribution in [2.24, 2.45) is 5.73 Å². The fourth-order valence-corrected chi connectivity index (χ4v) is 5.38. The molecular weight excluding hydrogens is 410 g/mol. The predicted octanol–water partition coefficient (Wildman–Crippen LogP) is -1.14. The average Bonchev–Trinajstić information content (AvgIpc) is 3.18. The Morgan fingerprint density at radius 1 is 1.09 bits per heavy atom. The highest BCUT2D eigenvalue weighted by atomic mass is 16.5. The molecule has 2 aliphatic rings. The van der Waals surface area contributed by atoms with Gasteiger partial charge in [-0.15, -0.1) is 0 Å². The Hall–Kier alpha value is -2.91. The van der Waals surface area contributed by atoms with Crippen LogP contribution in [-0.4, -0.2) is 68.1 Å². The van der Waals surface area contributed by atoms with Gasteiger partial charge in [0.25, 0.3) is 11.8 Å². The SMILES string of the molecule is COC(=O)c1[nH]c2ccccc2c1NC(=O)C[NH+]1CCC(C(N)=O)([NH+]2CCCCC2)CC1. The molecule has 0 spiro atoms. The molecule has 1 aromatic carbocycles. The van der Waals surface area contributed by atoms with E-state index in [0.717, 1.165) is 54.8 Å². The van der Waals surface area contributed by atoms with Crippen LogP contribution in [0.2, 0.25) is 0 Å². The number of para-hydroxylation sites is 1. The third-order valence-electron chi connectivity index (χ3n) is 7.19. The first-order valence-corrected chi connectivity index (χ1v) is 11.4. The van der Waals surface area contributed by atoms with Gasteiger partial charge < -0.3 is 30.6 Å². The van der Waals surface area contributed by atoms with Crippen molar-refractivity contribution >= 4 is 34.4 Å². The van der Waals surface area contributed by atoms with Gasteiger partial charge in [-0.05, 0) is 25.3 Å². The number of carbonyl (C=O) groups is 3. The molecule has 6 N–H and O–H groups in total. The van der Waals surface area contributed by atoms with Crippen molar-refractivity contribution in [3.8, 4) is 0 Å². The molecule has 3 heterocycles. The lowest BCUT2D eigenvalue weighted by molar-refractivity contribution is -0.972. The summed E-state index contributed by atoms with van der Waals surface area (Å²) in [5, 5.41) is 3.67. The third-order valence-corrected chi connectivity index (χ3v) is 7.19. The van der Waals surface area contributed by atoms with E-state index >= 15 is 0 Å². The minimum Gasteiger partial charge on any atom is -0.464 e. The number of aromatic nitrogens is 1. The summed E-state index contributed by atoms with van der Waals surface area (Å²) in [5.41, 5.74) is 6.81. The third kappa shape index (κ3) is 4.22. The molecule has 172 valence electrons. The van der Waals surface area contributed by atoms with Crippen LogP contribution in [0.5, 0.6) is 0 Å². The van der Waals surface area contributed by atoms with Gasteiger partial charge in [0.05, 0.1) is 51.8 Å². The highest BCUT2D eigenvalue weighted by molar-refractivity contribution is 6.11. The quantitative estimate of drug-likeness (QED) is 0.362. The number of hydrogen-bond donors (Lipinski definition) is 5. The first kappa shape index (κ1) is 22.3. The molecule has 0 unspecified atom stereocenters. The summed E-state index contributed by atoms with van der Waals surface area (Å²) in [6.07, 6.45) is 4.88. The number of carbonyl (C=O) groups excluding carboxylic acids is 3. The Labute approximate surface area is 187 Å². The molecule has 0 atom stereocenters. The number of hydrogen-bond acceptors (Lipinski definition) is 4. The van der Waals surface area contributed by atoms with Gasteiger partial charge in [0.2, 0.25) is 0 Å². The first-order chi connectivity index (χ1) is 15.4. The molecule has 9 nitrogen and oxygen atoms in total. The molecule has 2 aromatic rings. The standard InChI is InChI=1S/C23H31N5O4/c1-32-21(30)20-19(16-7-3-4-8-17(16)25-20)26-18(29)15-27-13-9-23(10-14-27,22(24)31)28-11-5-2-6-12-28/h3-4,7-8,25H,2,5-6,9-15H2,1H3,(H2,24,31)(H,26,29)/p+2. The number of ether oxygens (including phenoxy) is 1. The minimum absolute atomic E-state index is 0.174. The van der Waals surface area contributed by atoms with Crippen molar-refractivity contribution < 1.29 is 28.9 Å². The Balaban J connectivity index is 1.43. The number of nitrogens with one attached hydrogen (secondary N) is 4. The van der Waals surface area contributed by atoms with Crippen LogP contribution in [0.15, 0.2) is 24.3 Å². The van der Waals surface area contributed by atoms with Crippen molar-refractivity contribution in [3.05, 3.63) is 30.0 Å². The van der Waals surface area contributed by atoms with Crippen LogP contribution in [0.25, 0.3) is 10.9 Å². The molecule has 2 aliphatic heterocycles. The van der Waals surface area contributed by atoms with E-state index in [1.54, 1.807) is 0 Å². The number of anilines is 1. The van der Waals surface area contributed by atoms with Crippen LogP contribution >= 0.6 is 0 Å². The topological polar surface area (TPSA) is 123 Å².